The lowest BCUT2D eigenvalue weighted by molar-refractivity contribution is 0.102. The first-order chi connectivity index (χ1) is 13.8. The zero-order valence-corrected chi connectivity index (χ0v) is 18.1. The molecular formula is C19H15Cl2N3O3S2. The molecule has 0 bridgehead atoms. The molecule has 3 aromatic rings. The third kappa shape index (κ3) is 4.25. The second-order valence-corrected chi connectivity index (χ2v) is 10.1. The van der Waals surface area contributed by atoms with Crippen LogP contribution in [0, 0.1) is 0 Å². The largest absolute Gasteiger partial charge is 0.298 e. The van der Waals surface area contributed by atoms with Crippen molar-refractivity contribution in [3.8, 4) is 11.3 Å². The van der Waals surface area contributed by atoms with Crippen molar-refractivity contribution in [1.29, 1.82) is 0 Å². The summed E-state index contributed by atoms with van der Waals surface area (Å²) in [7, 11) is -3.25. The smallest absolute Gasteiger partial charge is 0.257 e. The molecule has 1 amide bonds. The van der Waals surface area contributed by atoms with E-state index in [0.717, 1.165) is 0 Å². The molecule has 2 aromatic carbocycles. The topological polar surface area (TPSA) is 79.4 Å². The van der Waals surface area contributed by atoms with Crippen LogP contribution in [0.25, 0.3) is 11.3 Å². The van der Waals surface area contributed by atoms with E-state index < -0.39 is 10.0 Å². The van der Waals surface area contributed by atoms with Gasteiger partial charge in [-0.2, -0.15) is 0 Å². The predicted molar refractivity (Wildman–Crippen MR) is 118 cm³/mol. The van der Waals surface area contributed by atoms with Gasteiger partial charge < -0.3 is 0 Å². The molecule has 0 radical (unpaired) electrons. The maximum Gasteiger partial charge on any atom is 0.257 e. The van der Waals surface area contributed by atoms with Crippen LogP contribution >= 0.6 is 34.5 Å². The number of thiazole rings is 1. The molecule has 0 saturated carbocycles. The highest BCUT2D eigenvalue weighted by molar-refractivity contribution is 7.93. The molecule has 6 nitrogen and oxygen atoms in total. The average molecular weight is 468 g/mol. The SMILES string of the molecule is O=C(Nc1nc(-c2cc(Cl)ccc2Cl)cs1)c1ccc(N2CCCS2(=O)=O)cc1. The van der Waals surface area contributed by atoms with Gasteiger partial charge in [0.1, 0.15) is 0 Å². The van der Waals surface area contributed by atoms with E-state index in [9.17, 15) is 13.2 Å². The molecule has 1 aliphatic rings. The molecule has 4 rings (SSSR count). The Labute approximate surface area is 182 Å². The number of amides is 1. The van der Waals surface area contributed by atoms with E-state index in [1.54, 1.807) is 47.8 Å². The Bertz CT molecular complexity index is 1180. The number of aromatic nitrogens is 1. The van der Waals surface area contributed by atoms with Gasteiger partial charge >= 0.3 is 0 Å². The Morgan fingerprint density at radius 2 is 1.90 bits per heavy atom. The molecule has 1 fully saturated rings. The quantitative estimate of drug-likeness (QED) is 0.590. The summed E-state index contributed by atoms with van der Waals surface area (Å²) in [5.41, 5.74) is 2.27. The summed E-state index contributed by atoms with van der Waals surface area (Å²) in [6, 6.07) is 11.6. The number of anilines is 2. The molecule has 1 aromatic heterocycles. The molecule has 1 N–H and O–H groups in total. The van der Waals surface area contributed by atoms with Crippen LogP contribution in [0.2, 0.25) is 10.0 Å². The number of halogens is 2. The van der Waals surface area contributed by atoms with Crippen molar-refractivity contribution >= 4 is 61.3 Å². The van der Waals surface area contributed by atoms with Gasteiger partial charge in [0, 0.05) is 28.1 Å². The third-order valence-corrected chi connectivity index (χ3v) is 7.64. The van der Waals surface area contributed by atoms with E-state index in [1.165, 1.54) is 15.6 Å². The van der Waals surface area contributed by atoms with Crippen molar-refractivity contribution in [2.45, 2.75) is 6.42 Å². The molecule has 0 unspecified atom stereocenters. The minimum Gasteiger partial charge on any atom is -0.298 e. The van der Waals surface area contributed by atoms with Crippen LogP contribution in [0.1, 0.15) is 16.8 Å². The third-order valence-electron chi connectivity index (χ3n) is 4.45. The number of carbonyl (C=O) groups is 1. The van der Waals surface area contributed by atoms with Crippen LogP contribution in [0.15, 0.2) is 47.8 Å². The van der Waals surface area contributed by atoms with E-state index in [-0.39, 0.29) is 11.7 Å². The van der Waals surface area contributed by atoms with E-state index >= 15 is 0 Å². The molecule has 1 saturated heterocycles. The standard InChI is InChI=1S/C19H15Cl2N3O3S2/c20-13-4-7-16(21)15(10-13)17-11-28-19(22-17)23-18(25)12-2-5-14(6-3-12)24-8-1-9-29(24,26)27/h2-7,10-11H,1,8-9H2,(H,22,23,25). The lowest BCUT2D eigenvalue weighted by atomic mass is 10.2. The van der Waals surface area contributed by atoms with Gasteiger partial charge in [0.15, 0.2) is 5.13 Å². The number of hydrogen-bond donors (Lipinski definition) is 1. The van der Waals surface area contributed by atoms with Crippen LogP contribution in [0.4, 0.5) is 10.8 Å². The van der Waals surface area contributed by atoms with Crippen molar-refractivity contribution in [2.75, 3.05) is 21.9 Å². The van der Waals surface area contributed by atoms with Gasteiger partial charge in [-0.05, 0) is 48.9 Å². The minimum atomic E-state index is -3.25. The summed E-state index contributed by atoms with van der Waals surface area (Å²) >= 11 is 13.5. The highest BCUT2D eigenvalue weighted by Gasteiger charge is 2.28. The lowest BCUT2D eigenvalue weighted by Gasteiger charge is -2.16. The number of nitrogens with zero attached hydrogens (tertiary/aromatic N) is 2. The van der Waals surface area contributed by atoms with E-state index in [2.05, 4.69) is 10.3 Å². The minimum absolute atomic E-state index is 0.151. The Morgan fingerprint density at radius 3 is 2.59 bits per heavy atom. The normalized spacial score (nSPS) is 15.4. The molecule has 0 aliphatic carbocycles. The second kappa shape index (κ2) is 7.95. The van der Waals surface area contributed by atoms with Gasteiger partial charge in [0.2, 0.25) is 10.0 Å². The maximum absolute atomic E-state index is 12.5. The van der Waals surface area contributed by atoms with Crippen LogP contribution in [-0.4, -0.2) is 31.6 Å². The summed E-state index contributed by atoms with van der Waals surface area (Å²) in [4.78, 5) is 16.9. The zero-order valence-electron chi connectivity index (χ0n) is 14.9. The average Bonchev–Trinajstić information content (AvgIpc) is 3.29. The van der Waals surface area contributed by atoms with Crippen molar-refractivity contribution in [1.82, 2.24) is 4.98 Å². The lowest BCUT2D eigenvalue weighted by Crippen LogP contribution is -2.25. The van der Waals surface area contributed by atoms with Crippen molar-refractivity contribution < 1.29 is 13.2 Å². The molecule has 1 aliphatic heterocycles. The fourth-order valence-corrected chi connectivity index (χ4v) is 5.68. The second-order valence-electron chi connectivity index (χ2n) is 6.40. The monoisotopic (exact) mass is 467 g/mol. The van der Waals surface area contributed by atoms with Crippen LogP contribution in [0.5, 0.6) is 0 Å². The molecule has 150 valence electrons. The summed E-state index contributed by atoms with van der Waals surface area (Å²) in [5, 5.41) is 6.02. The first-order valence-electron chi connectivity index (χ1n) is 8.66. The summed E-state index contributed by atoms with van der Waals surface area (Å²) in [6.07, 6.45) is 0.605. The van der Waals surface area contributed by atoms with Gasteiger partial charge in [-0.15, -0.1) is 11.3 Å². The molecule has 29 heavy (non-hydrogen) atoms. The Morgan fingerprint density at radius 1 is 1.14 bits per heavy atom. The maximum atomic E-state index is 12.5. The number of nitrogens with one attached hydrogen (secondary N) is 1. The summed E-state index contributed by atoms with van der Waals surface area (Å²) < 4.78 is 25.4. The fraction of sp³-hybridized carbons (Fsp3) is 0.158. The Balaban J connectivity index is 1.49. The number of benzene rings is 2. The van der Waals surface area contributed by atoms with Crippen molar-refractivity contribution in [3.63, 3.8) is 0 Å². The molecule has 0 atom stereocenters. The first kappa shape index (κ1) is 20.2. The Kier molecular flexibility index (Phi) is 5.52. The number of carbonyl (C=O) groups excluding carboxylic acids is 1. The van der Waals surface area contributed by atoms with Gasteiger partial charge in [-0.3, -0.25) is 14.4 Å². The van der Waals surface area contributed by atoms with Crippen molar-refractivity contribution in [2.24, 2.45) is 0 Å². The van der Waals surface area contributed by atoms with Crippen LogP contribution in [0.3, 0.4) is 0 Å². The number of rotatable bonds is 4. The number of hydrogen-bond acceptors (Lipinski definition) is 5. The van der Waals surface area contributed by atoms with E-state index in [0.29, 0.717) is 50.7 Å². The summed E-state index contributed by atoms with van der Waals surface area (Å²) in [6.45, 7) is 0.460. The van der Waals surface area contributed by atoms with Crippen molar-refractivity contribution in [3.05, 3.63) is 63.5 Å². The molecule has 2 heterocycles. The van der Waals surface area contributed by atoms with Crippen LogP contribution in [-0.2, 0) is 10.0 Å². The zero-order chi connectivity index (χ0) is 20.6. The number of sulfonamides is 1. The predicted octanol–water partition coefficient (Wildman–Crippen LogP) is 4.91. The van der Waals surface area contributed by atoms with Gasteiger partial charge in [-0.1, -0.05) is 23.2 Å². The van der Waals surface area contributed by atoms with Gasteiger partial charge in [-0.25, -0.2) is 13.4 Å². The van der Waals surface area contributed by atoms with Crippen LogP contribution < -0.4 is 9.62 Å². The Hall–Kier alpha value is -2.13. The van der Waals surface area contributed by atoms with E-state index in [1.807, 2.05) is 0 Å². The molecular weight excluding hydrogens is 453 g/mol. The molecule has 10 heteroatoms. The van der Waals surface area contributed by atoms with Gasteiger partial charge in [0.25, 0.3) is 5.91 Å². The van der Waals surface area contributed by atoms with E-state index in [4.69, 9.17) is 23.2 Å². The fourth-order valence-electron chi connectivity index (χ4n) is 3.03. The highest BCUT2D eigenvalue weighted by atomic mass is 35.5. The molecule has 0 spiro atoms. The first-order valence-corrected chi connectivity index (χ1v) is 11.9. The highest BCUT2D eigenvalue weighted by Crippen LogP contribution is 2.33. The summed E-state index contributed by atoms with van der Waals surface area (Å²) in [5.74, 6) is -0.183. The van der Waals surface area contributed by atoms with Gasteiger partial charge in [0.05, 0.1) is 22.2 Å².